The quantitative estimate of drug-likeness (QED) is 0.532. The summed E-state index contributed by atoms with van der Waals surface area (Å²) in [6.07, 6.45) is 10.5. The van der Waals surface area contributed by atoms with E-state index in [4.69, 9.17) is 6.42 Å². The van der Waals surface area contributed by atoms with Crippen molar-refractivity contribution in [3.63, 3.8) is 0 Å². The molecule has 2 aromatic rings. The van der Waals surface area contributed by atoms with Gasteiger partial charge < -0.3 is 0 Å². The number of unbranched alkanes of at least 4 members (excludes halogenated alkanes) is 2. The van der Waals surface area contributed by atoms with Crippen LogP contribution in [0.1, 0.15) is 35.9 Å². The molecular weight excluding hydrogens is 220 g/mol. The second-order valence-electron chi connectivity index (χ2n) is 3.65. The van der Waals surface area contributed by atoms with Gasteiger partial charge in [0.15, 0.2) is 0 Å². The van der Waals surface area contributed by atoms with E-state index in [0.717, 1.165) is 4.88 Å². The first-order valence-electron chi connectivity index (χ1n) is 5.32. The predicted molar refractivity (Wildman–Crippen MR) is 70.9 cm³/mol. The van der Waals surface area contributed by atoms with Crippen molar-refractivity contribution in [2.75, 3.05) is 0 Å². The van der Waals surface area contributed by atoms with Crippen LogP contribution < -0.4 is 0 Å². The molecule has 0 saturated heterocycles. The lowest BCUT2D eigenvalue weighted by atomic mass is 10.2. The lowest BCUT2D eigenvalue weighted by molar-refractivity contribution is 0.723. The Hall–Kier alpha value is -0.780. The Labute approximate surface area is 98.9 Å². The fraction of sp³-hybridized carbons (Fsp3) is 0.385. The Balaban J connectivity index is 2.11. The summed E-state index contributed by atoms with van der Waals surface area (Å²) in [5.41, 5.74) is 0. The third-order valence-corrected chi connectivity index (χ3v) is 4.71. The van der Waals surface area contributed by atoms with Crippen LogP contribution >= 0.6 is 22.7 Å². The van der Waals surface area contributed by atoms with Gasteiger partial charge >= 0.3 is 0 Å². The van der Waals surface area contributed by atoms with Gasteiger partial charge in [0.1, 0.15) is 0 Å². The Morgan fingerprint density at radius 1 is 1.20 bits per heavy atom. The summed E-state index contributed by atoms with van der Waals surface area (Å²) in [7, 11) is 0. The normalized spacial score (nSPS) is 10.7. The summed E-state index contributed by atoms with van der Waals surface area (Å²) in [5, 5.41) is 0. The third-order valence-electron chi connectivity index (χ3n) is 2.43. The molecule has 0 radical (unpaired) electrons. The Morgan fingerprint density at radius 2 is 2.00 bits per heavy atom. The van der Waals surface area contributed by atoms with Crippen LogP contribution in [0.5, 0.6) is 0 Å². The maximum Gasteiger partial charge on any atom is 0.0786 e. The molecule has 0 aromatic carbocycles. The summed E-state index contributed by atoms with van der Waals surface area (Å²) in [4.78, 5) is 2.56. The van der Waals surface area contributed by atoms with Crippen molar-refractivity contribution in [3.05, 3.63) is 21.9 Å². The maximum atomic E-state index is 5.37. The van der Waals surface area contributed by atoms with Crippen LogP contribution in [0.3, 0.4) is 0 Å². The Morgan fingerprint density at radius 3 is 2.67 bits per heavy atom. The molecule has 0 spiro atoms. The van der Waals surface area contributed by atoms with Crippen LogP contribution in [0, 0.1) is 12.3 Å². The molecule has 0 saturated carbocycles. The second-order valence-corrected chi connectivity index (χ2v) is 5.91. The van der Waals surface area contributed by atoms with E-state index in [2.05, 4.69) is 25.0 Å². The predicted octanol–water partition coefficient (Wildman–Crippen LogP) is 4.68. The van der Waals surface area contributed by atoms with Crippen LogP contribution in [-0.2, 0) is 6.42 Å². The number of thiophene rings is 2. The molecule has 0 unspecified atom stereocenters. The van der Waals surface area contributed by atoms with Gasteiger partial charge in [-0.05, 0) is 25.0 Å². The van der Waals surface area contributed by atoms with Gasteiger partial charge in [-0.25, -0.2) is 0 Å². The van der Waals surface area contributed by atoms with Gasteiger partial charge in [-0.2, -0.15) is 0 Å². The molecule has 2 aromatic heterocycles. The number of fused-ring (bicyclic) bond motifs is 1. The van der Waals surface area contributed by atoms with Gasteiger partial charge in [0, 0.05) is 14.3 Å². The Bertz CT molecular complexity index is 451. The van der Waals surface area contributed by atoms with E-state index >= 15 is 0 Å². The molecule has 2 rings (SSSR count). The molecule has 0 aliphatic rings. The molecule has 2 heterocycles. The van der Waals surface area contributed by atoms with Crippen molar-refractivity contribution in [2.45, 2.75) is 32.6 Å². The number of rotatable bonds is 4. The van der Waals surface area contributed by atoms with E-state index in [1.165, 1.54) is 40.0 Å². The fourth-order valence-electron chi connectivity index (χ4n) is 1.63. The molecule has 0 amide bonds. The molecule has 0 nitrogen and oxygen atoms in total. The number of hydrogen-bond acceptors (Lipinski definition) is 2. The van der Waals surface area contributed by atoms with Crippen molar-refractivity contribution < 1.29 is 0 Å². The summed E-state index contributed by atoms with van der Waals surface area (Å²) in [6.45, 7) is 2.24. The van der Waals surface area contributed by atoms with Gasteiger partial charge in [-0.15, -0.1) is 29.1 Å². The first-order chi connectivity index (χ1) is 7.33. The number of hydrogen-bond donors (Lipinski definition) is 0. The summed E-state index contributed by atoms with van der Waals surface area (Å²) in [6, 6.07) is 4.44. The standard InChI is InChI=1S/C13H14S2/c1-3-5-6-7-11-9-13-12(15-11)8-10(4-2)14-13/h2,8-9H,3,5-7H2,1H3. The topological polar surface area (TPSA) is 0 Å². The highest BCUT2D eigenvalue weighted by Gasteiger charge is 2.05. The molecule has 0 N–H and O–H groups in total. The van der Waals surface area contributed by atoms with E-state index in [1.54, 1.807) is 11.3 Å². The average molecular weight is 234 g/mol. The fourth-order valence-corrected chi connectivity index (χ4v) is 3.90. The smallest absolute Gasteiger partial charge is 0.0786 e. The molecule has 0 aliphatic heterocycles. The van der Waals surface area contributed by atoms with Gasteiger partial charge in [0.2, 0.25) is 0 Å². The average Bonchev–Trinajstić information content (AvgIpc) is 2.75. The summed E-state index contributed by atoms with van der Waals surface area (Å²) in [5.74, 6) is 2.70. The van der Waals surface area contributed by atoms with Gasteiger partial charge in [0.25, 0.3) is 0 Å². The monoisotopic (exact) mass is 234 g/mol. The minimum absolute atomic E-state index is 1.05. The molecule has 0 fully saturated rings. The van der Waals surface area contributed by atoms with E-state index in [0.29, 0.717) is 0 Å². The van der Waals surface area contributed by atoms with Gasteiger partial charge in [0.05, 0.1) is 4.88 Å². The largest absolute Gasteiger partial charge is 0.139 e. The highest BCUT2D eigenvalue weighted by molar-refractivity contribution is 7.28. The van der Waals surface area contributed by atoms with Crippen LogP contribution in [0.4, 0.5) is 0 Å². The molecule has 0 atom stereocenters. The molecule has 78 valence electrons. The van der Waals surface area contributed by atoms with Gasteiger partial charge in [-0.3, -0.25) is 0 Å². The molecule has 2 heteroatoms. The SMILES string of the molecule is C#Cc1cc2sc(CCCCC)cc2s1. The van der Waals surface area contributed by atoms with E-state index < -0.39 is 0 Å². The highest BCUT2D eigenvalue weighted by atomic mass is 32.1. The van der Waals surface area contributed by atoms with Crippen molar-refractivity contribution in [1.82, 2.24) is 0 Å². The van der Waals surface area contributed by atoms with Crippen LogP contribution in [0.2, 0.25) is 0 Å². The number of terminal acetylenes is 1. The molecule has 15 heavy (non-hydrogen) atoms. The molecular formula is C13H14S2. The first-order valence-corrected chi connectivity index (χ1v) is 6.95. The first kappa shape index (κ1) is 10.7. The second kappa shape index (κ2) is 4.83. The van der Waals surface area contributed by atoms with Crippen molar-refractivity contribution >= 4 is 32.1 Å². The van der Waals surface area contributed by atoms with E-state index in [1.807, 2.05) is 11.3 Å². The van der Waals surface area contributed by atoms with Gasteiger partial charge in [-0.1, -0.05) is 25.7 Å². The zero-order valence-electron chi connectivity index (χ0n) is 8.88. The van der Waals surface area contributed by atoms with Crippen LogP contribution in [-0.4, -0.2) is 0 Å². The summed E-state index contributed by atoms with van der Waals surface area (Å²) < 4.78 is 2.72. The minimum Gasteiger partial charge on any atom is -0.139 e. The zero-order valence-corrected chi connectivity index (χ0v) is 10.5. The molecule has 0 bridgehead atoms. The lowest BCUT2D eigenvalue weighted by Gasteiger charge is -1.94. The summed E-state index contributed by atoms with van der Waals surface area (Å²) >= 11 is 3.63. The van der Waals surface area contributed by atoms with Crippen LogP contribution in [0.15, 0.2) is 12.1 Å². The Kier molecular flexibility index (Phi) is 3.45. The number of aryl methyl sites for hydroxylation is 1. The maximum absolute atomic E-state index is 5.37. The highest BCUT2D eigenvalue weighted by Crippen LogP contribution is 2.33. The zero-order chi connectivity index (χ0) is 10.7. The van der Waals surface area contributed by atoms with Crippen molar-refractivity contribution in [3.8, 4) is 12.3 Å². The third kappa shape index (κ3) is 2.42. The van der Waals surface area contributed by atoms with E-state index in [-0.39, 0.29) is 0 Å². The lowest BCUT2D eigenvalue weighted by Crippen LogP contribution is -1.78. The molecule has 0 aliphatic carbocycles. The van der Waals surface area contributed by atoms with Crippen molar-refractivity contribution in [2.24, 2.45) is 0 Å². The minimum atomic E-state index is 1.05. The van der Waals surface area contributed by atoms with Crippen molar-refractivity contribution in [1.29, 1.82) is 0 Å². The van der Waals surface area contributed by atoms with E-state index in [9.17, 15) is 0 Å². The van der Waals surface area contributed by atoms with Crippen LogP contribution in [0.25, 0.3) is 9.40 Å².